The molecule has 0 amide bonds. The van der Waals surface area contributed by atoms with Crippen LogP contribution in [0.25, 0.3) is 0 Å². The van der Waals surface area contributed by atoms with Gasteiger partial charge in [-0.3, -0.25) is 4.98 Å². The molecule has 19 heavy (non-hydrogen) atoms. The van der Waals surface area contributed by atoms with Gasteiger partial charge in [0.05, 0.1) is 6.61 Å². The van der Waals surface area contributed by atoms with Crippen LogP contribution in [0.4, 0.5) is 13.2 Å². The Morgan fingerprint density at radius 2 is 2.16 bits per heavy atom. The second kappa shape index (κ2) is 7.81. The summed E-state index contributed by atoms with van der Waals surface area (Å²) in [6.07, 6.45) is -0.364. The third-order valence-electron chi connectivity index (χ3n) is 2.32. The summed E-state index contributed by atoms with van der Waals surface area (Å²) in [5.41, 5.74) is 0.941. The molecule has 1 atom stereocenters. The lowest BCUT2D eigenvalue weighted by Gasteiger charge is -2.18. The smallest absolute Gasteiger partial charge is 0.370 e. The fourth-order valence-corrected chi connectivity index (χ4v) is 2.06. The molecule has 0 aliphatic rings. The van der Waals surface area contributed by atoms with E-state index in [9.17, 15) is 13.2 Å². The van der Waals surface area contributed by atoms with Crippen molar-refractivity contribution in [3.8, 4) is 0 Å². The van der Waals surface area contributed by atoms with Crippen molar-refractivity contribution in [1.82, 2.24) is 10.3 Å². The zero-order valence-corrected chi connectivity index (χ0v) is 12.1. The van der Waals surface area contributed by atoms with Gasteiger partial charge >= 0.3 is 6.18 Å². The third-order valence-corrected chi connectivity index (χ3v) is 2.75. The van der Waals surface area contributed by atoms with Gasteiger partial charge in [0.2, 0.25) is 0 Å². The van der Waals surface area contributed by atoms with E-state index in [-0.39, 0.29) is 12.6 Å². The molecule has 1 aromatic heterocycles. The molecule has 1 N–H and O–H groups in total. The molecule has 3 nitrogen and oxygen atoms in total. The molecule has 0 aromatic carbocycles. The van der Waals surface area contributed by atoms with Gasteiger partial charge in [-0.2, -0.15) is 13.2 Å². The number of hydrogen-bond donors (Lipinski definition) is 1. The number of halogens is 4. The Morgan fingerprint density at radius 3 is 2.74 bits per heavy atom. The van der Waals surface area contributed by atoms with Crippen LogP contribution in [0.15, 0.2) is 22.9 Å². The maximum absolute atomic E-state index is 12.0. The van der Waals surface area contributed by atoms with E-state index in [0.717, 1.165) is 10.0 Å². The number of aromatic nitrogens is 1. The van der Waals surface area contributed by atoms with Crippen LogP contribution in [0, 0.1) is 0 Å². The molecule has 1 heterocycles. The van der Waals surface area contributed by atoms with Crippen molar-refractivity contribution in [2.45, 2.75) is 25.6 Å². The van der Waals surface area contributed by atoms with Gasteiger partial charge in [-0.15, -0.1) is 0 Å². The number of pyridine rings is 1. The molecule has 108 valence electrons. The number of ether oxygens (including phenoxy) is 1. The van der Waals surface area contributed by atoms with Crippen molar-refractivity contribution in [2.24, 2.45) is 0 Å². The Hall–Kier alpha value is -0.660. The Kier molecular flexibility index (Phi) is 6.74. The van der Waals surface area contributed by atoms with Crippen molar-refractivity contribution in [3.63, 3.8) is 0 Å². The Labute approximate surface area is 118 Å². The van der Waals surface area contributed by atoms with Crippen LogP contribution in [0.2, 0.25) is 0 Å². The summed E-state index contributed by atoms with van der Waals surface area (Å²) >= 11 is 3.31. The number of nitrogens with zero attached hydrogens (tertiary/aromatic N) is 1. The molecule has 0 saturated carbocycles. The highest BCUT2D eigenvalue weighted by Crippen LogP contribution is 2.15. The molecule has 0 radical (unpaired) electrons. The standard InChI is InChI=1S/C12H16BrF3N2O/c1-2-18-11(7-19-8-12(14,15)16)4-9-3-10(13)6-17-5-9/h3,5-6,11,18H,2,4,7-8H2,1H3. The van der Waals surface area contributed by atoms with Gasteiger partial charge in [-0.05, 0) is 40.5 Å². The Morgan fingerprint density at radius 1 is 1.42 bits per heavy atom. The quantitative estimate of drug-likeness (QED) is 0.828. The Balaban J connectivity index is 2.48. The zero-order valence-electron chi connectivity index (χ0n) is 10.5. The van der Waals surface area contributed by atoms with Crippen molar-refractivity contribution in [1.29, 1.82) is 0 Å². The number of likely N-dealkylation sites (N-methyl/N-ethyl adjacent to an activating group) is 1. The van der Waals surface area contributed by atoms with Gasteiger partial charge in [0.1, 0.15) is 6.61 Å². The van der Waals surface area contributed by atoms with Crippen LogP contribution in [-0.2, 0) is 11.2 Å². The van der Waals surface area contributed by atoms with Gasteiger partial charge in [0.15, 0.2) is 0 Å². The van der Waals surface area contributed by atoms with E-state index in [4.69, 9.17) is 4.74 Å². The lowest BCUT2D eigenvalue weighted by atomic mass is 10.1. The average molecular weight is 341 g/mol. The molecule has 0 bridgehead atoms. The Bertz CT molecular complexity index is 387. The van der Waals surface area contributed by atoms with Gasteiger partial charge in [0, 0.05) is 22.9 Å². The van der Waals surface area contributed by atoms with Crippen molar-refractivity contribution < 1.29 is 17.9 Å². The number of rotatable bonds is 7. The van der Waals surface area contributed by atoms with E-state index in [0.29, 0.717) is 13.0 Å². The molecule has 1 unspecified atom stereocenters. The van der Waals surface area contributed by atoms with E-state index in [1.807, 2.05) is 13.0 Å². The molecule has 7 heteroatoms. The summed E-state index contributed by atoms with van der Waals surface area (Å²) in [5.74, 6) is 0. The van der Waals surface area contributed by atoms with Crippen LogP contribution >= 0.6 is 15.9 Å². The molecule has 1 rings (SSSR count). The predicted molar refractivity (Wildman–Crippen MR) is 70.0 cm³/mol. The fourth-order valence-electron chi connectivity index (χ4n) is 1.65. The minimum absolute atomic E-state index is 0.0138. The summed E-state index contributed by atoms with van der Waals surface area (Å²) in [7, 11) is 0. The van der Waals surface area contributed by atoms with E-state index >= 15 is 0 Å². The largest absolute Gasteiger partial charge is 0.411 e. The molecule has 1 aromatic rings. The first kappa shape index (κ1) is 16.4. The number of hydrogen-bond acceptors (Lipinski definition) is 3. The number of nitrogens with one attached hydrogen (secondary N) is 1. The van der Waals surface area contributed by atoms with Crippen LogP contribution in [0.3, 0.4) is 0 Å². The monoisotopic (exact) mass is 340 g/mol. The highest BCUT2D eigenvalue weighted by atomic mass is 79.9. The maximum Gasteiger partial charge on any atom is 0.411 e. The van der Waals surface area contributed by atoms with Crippen molar-refractivity contribution >= 4 is 15.9 Å². The van der Waals surface area contributed by atoms with Crippen LogP contribution in [0.5, 0.6) is 0 Å². The molecule has 0 aliphatic carbocycles. The lowest BCUT2D eigenvalue weighted by molar-refractivity contribution is -0.175. The third kappa shape index (κ3) is 7.49. The summed E-state index contributed by atoms with van der Waals surface area (Å²) in [5, 5.41) is 3.10. The molecule has 0 saturated heterocycles. The predicted octanol–water partition coefficient (Wildman–Crippen LogP) is 2.94. The normalized spacial score (nSPS) is 13.5. The van der Waals surface area contributed by atoms with Gasteiger partial charge < -0.3 is 10.1 Å². The van der Waals surface area contributed by atoms with Gasteiger partial charge in [-0.25, -0.2) is 0 Å². The van der Waals surface area contributed by atoms with Crippen LogP contribution in [0.1, 0.15) is 12.5 Å². The summed E-state index contributed by atoms with van der Waals surface area (Å²) in [6, 6.07) is 1.73. The average Bonchev–Trinajstić information content (AvgIpc) is 2.27. The van der Waals surface area contributed by atoms with E-state index in [1.54, 1.807) is 12.4 Å². The maximum atomic E-state index is 12.0. The van der Waals surface area contributed by atoms with Gasteiger partial charge in [0.25, 0.3) is 0 Å². The van der Waals surface area contributed by atoms with E-state index < -0.39 is 12.8 Å². The van der Waals surface area contributed by atoms with E-state index in [2.05, 4.69) is 26.2 Å². The topological polar surface area (TPSA) is 34.1 Å². The highest BCUT2D eigenvalue weighted by Gasteiger charge is 2.27. The van der Waals surface area contributed by atoms with Gasteiger partial charge in [-0.1, -0.05) is 6.92 Å². The first-order chi connectivity index (χ1) is 8.90. The zero-order chi connectivity index (χ0) is 14.3. The highest BCUT2D eigenvalue weighted by molar-refractivity contribution is 9.10. The molecule has 0 spiro atoms. The second-order valence-corrected chi connectivity index (χ2v) is 5.02. The van der Waals surface area contributed by atoms with Crippen molar-refractivity contribution in [3.05, 3.63) is 28.5 Å². The van der Waals surface area contributed by atoms with Crippen molar-refractivity contribution in [2.75, 3.05) is 19.8 Å². The second-order valence-electron chi connectivity index (χ2n) is 4.10. The summed E-state index contributed by atoms with van der Waals surface area (Å²) in [6.45, 7) is 1.36. The summed E-state index contributed by atoms with van der Waals surface area (Å²) in [4.78, 5) is 4.02. The minimum Gasteiger partial charge on any atom is -0.370 e. The molecule has 0 fully saturated rings. The molecular weight excluding hydrogens is 325 g/mol. The molecular formula is C12H16BrF3N2O. The lowest BCUT2D eigenvalue weighted by Crippen LogP contribution is -2.36. The van der Waals surface area contributed by atoms with Crippen LogP contribution in [-0.4, -0.2) is 37.0 Å². The SMILES string of the molecule is CCNC(COCC(F)(F)F)Cc1cncc(Br)c1. The number of alkyl halides is 3. The molecule has 0 aliphatic heterocycles. The fraction of sp³-hybridized carbons (Fsp3) is 0.583. The minimum atomic E-state index is -4.28. The first-order valence-corrected chi connectivity index (χ1v) is 6.67. The van der Waals surface area contributed by atoms with E-state index in [1.165, 1.54) is 0 Å². The first-order valence-electron chi connectivity index (χ1n) is 5.88. The summed E-state index contributed by atoms with van der Waals surface area (Å²) < 4.78 is 41.6. The van der Waals surface area contributed by atoms with Crippen LogP contribution < -0.4 is 5.32 Å².